The Morgan fingerprint density at radius 1 is 1.19 bits per heavy atom. The molecule has 0 aliphatic rings. The van der Waals surface area contributed by atoms with Crippen molar-refractivity contribution in [3.8, 4) is 6.07 Å². The van der Waals surface area contributed by atoms with Crippen LogP contribution in [0.15, 0.2) is 24.3 Å². The maximum absolute atomic E-state index is 13.0. The van der Waals surface area contributed by atoms with Gasteiger partial charge in [0, 0.05) is 37.9 Å². The average Bonchev–Trinajstić information content (AvgIpc) is 2.85. The minimum atomic E-state index is 0.0930. The molecule has 0 aliphatic heterocycles. The van der Waals surface area contributed by atoms with Gasteiger partial charge >= 0.3 is 0 Å². The summed E-state index contributed by atoms with van der Waals surface area (Å²) in [7, 11) is 5.90. The number of carbonyl (C=O) groups is 1. The lowest BCUT2D eigenvalue weighted by atomic mass is 10.1. The number of aromatic nitrogens is 2. The van der Waals surface area contributed by atoms with Crippen molar-refractivity contribution in [1.82, 2.24) is 19.6 Å². The van der Waals surface area contributed by atoms with Crippen molar-refractivity contribution in [2.45, 2.75) is 26.8 Å². The van der Waals surface area contributed by atoms with Crippen molar-refractivity contribution in [3.63, 3.8) is 0 Å². The maximum Gasteiger partial charge on any atom is 0.227 e. The Bertz CT molecular complexity index is 799. The lowest BCUT2D eigenvalue weighted by Crippen LogP contribution is -2.37. The summed E-state index contributed by atoms with van der Waals surface area (Å²) in [5, 5.41) is 13.3. The van der Waals surface area contributed by atoms with Crippen molar-refractivity contribution >= 4 is 5.91 Å². The zero-order chi connectivity index (χ0) is 19.3. The molecule has 0 atom stereocenters. The third-order valence-electron chi connectivity index (χ3n) is 4.61. The van der Waals surface area contributed by atoms with Gasteiger partial charge in [0.1, 0.15) is 0 Å². The fraction of sp³-hybridized carbons (Fsp3) is 0.450. The highest BCUT2D eigenvalue weighted by molar-refractivity contribution is 5.79. The third kappa shape index (κ3) is 4.93. The van der Waals surface area contributed by atoms with Gasteiger partial charge < -0.3 is 9.80 Å². The van der Waals surface area contributed by atoms with Gasteiger partial charge in [-0.3, -0.25) is 9.48 Å². The second-order valence-corrected chi connectivity index (χ2v) is 6.88. The topological polar surface area (TPSA) is 65.2 Å². The van der Waals surface area contributed by atoms with Crippen molar-refractivity contribution in [3.05, 3.63) is 52.3 Å². The number of hydrogen-bond acceptors (Lipinski definition) is 4. The summed E-state index contributed by atoms with van der Waals surface area (Å²) in [6.45, 7) is 5.93. The zero-order valence-electron chi connectivity index (χ0n) is 16.3. The van der Waals surface area contributed by atoms with Crippen LogP contribution in [0.1, 0.15) is 28.1 Å². The number of rotatable bonds is 7. The Morgan fingerprint density at radius 3 is 2.35 bits per heavy atom. The minimum absolute atomic E-state index is 0.0930. The fourth-order valence-electron chi connectivity index (χ4n) is 2.85. The van der Waals surface area contributed by atoms with Gasteiger partial charge in [-0.15, -0.1) is 0 Å². The molecule has 1 amide bonds. The van der Waals surface area contributed by atoms with Crippen molar-refractivity contribution < 1.29 is 4.79 Å². The lowest BCUT2D eigenvalue weighted by Gasteiger charge is -2.25. The first-order chi connectivity index (χ1) is 12.3. The highest BCUT2D eigenvalue weighted by Crippen LogP contribution is 2.15. The molecule has 0 bridgehead atoms. The van der Waals surface area contributed by atoms with Gasteiger partial charge in [-0.1, -0.05) is 12.1 Å². The van der Waals surface area contributed by atoms with Crippen LogP contribution in [0.5, 0.6) is 0 Å². The van der Waals surface area contributed by atoms with Crippen LogP contribution in [0.2, 0.25) is 0 Å². The fourth-order valence-corrected chi connectivity index (χ4v) is 2.85. The van der Waals surface area contributed by atoms with Crippen LogP contribution in [0.25, 0.3) is 0 Å². The molecule has 6 heteroatoms. The summed E-state index contributed by atoms with van der Waals surface area (Å²) < 4.78 is 1.82. The summed E-state index contributed by atoms with van der Waals surface area (Å²) >= 11 is 0. The van der Waals surface area contributed by atoms with Crippen LogP contribution < -0.4 is 0 Å². The minimum Gasteiger partial charge on any atom is -0.337 e. The summed E-state index contributed by atoms with van der Waals surface area (Å²) in [5.74, 6) is 0.0930. The summed E-state index contributed by atoms with van der Waals surface area (Å²) in [4.78, 5) is 16.9. The second kappa shape index (κ2) is 8.63. The molecule has 138 valence electrons. The van der Waals surface area contributed by atoms with E-state index in [-0.39, 0.29) is 5.91 Å². The molecule has 0 spiro atoms. The van der Waals surface area contributed by atoms with E-state index < -0.39 is 0 Å². The predicted octanol–water partition coefficient (Wildman–Crippen LogP) is 2.04. The number of likely N-dealkylation sites (N-methyl/N-ethyl adjacent to an activating group) is 1. The Hall–Kier alpha value is -2.65. The number of carbonyl (C=O) groups excluding carboxylic acids is 1. The van der Waals surface area contributed by atoms with Crippen LogP contribution in [-0.4, -0.2) is 52.7 Å². The highest BCUT2D eigenvalue weighted by atomic mass is 16.2. The molecule has 0 fully saturated rings. The molecule has 0 N–H and O–H groups in total. The quantitative estimate of drug-likeness (QED) is 0.764. The molecule has 2 rings (SSSR count). The Morgan fingerprint density at radius 2 is 1.85 bits per heavy atom. The molecule has 0 unspecified atom stereocenters. The standard InChI is InChI=1S/C20H27N5O/c1-15-19(16(2)24(5)22-15)12-20(26)25(11-10-23(3)4)14-18-8-6-17(13-21)7-9-18/h6-9H,10-12,14H2,1-5H3. The van der Waals surface area contributed by atoms with E-state index in [0.29, 0.717) is 25.1 Å². The van der Waals surface area contributed by atoms with E-state index in [1.54, 1.807) is 12.1 Å². The normalized spacial score (nSPS) is 10.8. The van der Waals surface area contributed by atoms with E-state index in [2.05, 4.69) is 16.1 Å². The zero-order valence-corrected chi connectivity index (χ0v) is 16.3. The number of nitriles is 1. The molecule has 2 aromatic rings. The molecule has 0 saturated heterocycles. The largest absolute Gasteiger partial charge is 0.337 e. The number of aryl methyl sites for hydroxylation is 2. The monoisotopic (exact) mass is 353 g/mol. The van der Waals surface area contributed by atoms with E-state index in [0.717, 1.165) is 29.1 Å². The van der Waals surface area contributed by atoms with Crippen molar-refractivity contribution in [2.75, 3.05) is 27.2 Å². The molecule has 1 heterocycles. The Kier molecular flexibility index (Phi) is 6.53. The van der Waals surface area contributed by atoms with Gasteiger partial charge in [0.05, 0.1) is 23.7 Å². The molecule has 0 radical (unpaired) electrons. The molecular formula is C20H27N5O. The van der Waals surface area contributed by atoms with Gasteiger partial charge in [-0.2, -0.15) is 10.4 Å². The second-order valence-electron chi connectivity index (χ2n) is 6.88. The Balaban J connectivity index is 2.16. The van der Waals surface area contributed by atoms with Gasteiger partial charge in [-0.25, -0.2) is 0 Å². The first kappa shape index (κ1) is 19.7. The predicted molar refractivity (Wildman–Crippen MR) is 102 cm³/mol. The smallest absolute Gasteiger partial charge is 0.227 e. The first-order valence-corrected chi connectivity index (χ1v) is 8.72. The van der Waals surface area contributed by atoms with Crippen LogP contribution >= 0.6 is 0 Å². The molecule has 6 nitrogen and oxygen atoms in total. The lowest BCUT2D eigenvalue weighted by molar-refractivity contribution is -0.131. The van der Waals surface area contributed by atoms with Crippen LogP contribution in [0.4, 0.5) is 0 Å². The van der Waals surface area contributed by atoms with E-state index in [4.69, 9.17) is 5.26 Å². The SMILES string of the molecule is Cc1nn(C)c(C)c1CC(=O)N(CCN(C)C)Cc1ccc(C#N)cc1. The van der Waals surface area contributed by atoms with Crippen LogP contribution in [0.3, 0.4) is 0 Å². The molecular weight excluding hydrogens is 326 g/mol. The maximum atomic E-state index is 13.0. The molecule has 0 saturated carbocycles. The summed E-state index contributed by atoms with van der Waals surface area (Å²) in [6, 6.07) is 9.53. The number of hydrogen-bond donors (Lipinski definition) is 0. The van der Waals surface area contributed by atoms with Gasteiger partial charge in [0.2, 0.25) is 5.91 Å². The van der Waals surface area contributed by atoms with E-state index in [1.165, 1.54) is 0 Å². The molecule has 26 heavy (non-hydrogen) atoms. The third-order valence-corrected chi connectivity index (χ3v) is 4.61. The van der Waals surface area contributed by atoms with Crippen LogP contribution in [0, 0.1) is 25.2 Å². The number of nitrogens with zero attached hydrogens (tertiary/aromatic N) is 5. The highest BCUT2D eigenvalue weighted by Gasteiger charge is 2.19. The van der Waals surface area contributed by atoms with Crippen LogP contribution in [-0.2, 0) is 24.8 Å². The first-order valence-electron chi connectivity index (χ1n) is 8.72. The van der Waals surface area contributed by atoms with Gasteiger partial charge in [0.15, 0.2) is 0 Å². The summed E-state index contributed by atoms with van der Waals surface area (Å²) in [6.07, 6.45) is 0.356. The molecule has 0 aliphatic carbocycles. The summed E-state index contributed by atoms with van der Waals surface area (Å²) in [5.41, 5.74) is 4.59. The van der Waals surface area contributed by atoms with E-state index >= 15 is 0 Å². The van der Waals surface area contributed by atoms with Gasteiger partial charge in [0.25, 0.3) is 0 Å². The molecule has 1 aromatic heterocycles. The van der Waals surface area contributed by atoms with Gasteiger partial charge in [-0.05, 0) is 45.6 Å². The Labute approximate surface area is 155 Å². The van der Waals surface area contributed by atoms with Crippen molar-refractivity contribution in [1.29, 1.82) is 5.26 Å². The van der Waals surface area contributed by atoms with Crippen molar-refractivity contribution in [2.24, 2.45) is 7.05 Å². The number of amides is 1. The van der Waals surface area contributed by atoms with E-state index in [9.17, 15) is 4.79 Å². The molecule has 1 aromatic carbocycles. The van der Waals surface area contributed by atoms with E-state index in [1.807, 2.05) is 56.7 Å². The number of benzene rings is 1. The average molecular weight is 353 g/mol.